The Morgan fingerprint density at radius 2 is 1.87 bits per heavy atom. The van der Waals surface area contributed by atoms with Crippen molar-refractivity contribution in [1.82, 2.24) is 20.2 Å². The third kappa shape index (κ3) is 4.83. The molecule has 0 aliphatic heterocycles. The number of hydrogen-bond donors (Lipinski definition) is 3. The van der Waals surface area contributed by atoms with Gasteiger partial charge in [-0.3, -0.25) is 10.1 Å². The van der Waals surface area contributed by atoms with Crippen LogP contribution in [0.5, 0.6) is 0 Å². The van der Waals surface area contributed by atoms with Gasteiger partial charge in [0.2, 0.25) is 0 Å². The van der Waals surface area contributed by atoms with Gasteiger partial charge in [-0.05, 0) is 43.2 Å². The maximum Gasteiger partial charge on any atom is 0.416 e. The van der Waals surface area contributed by atoms with Crippen LogP contribution in [0.3, 0.4) is 0 Å². The normalized spacial score (nSPS) is 12.8. The van der Waals surface area contributed by atoms with E-state index in [1.54, 1.807) is 12.4 Å². The molecule has 2 aromatic heterocycles. The minimum absolute atomic E-state index is 0.299. The van der Waals surface area contributed by atoms with Crippen LogP contribution in [0.15, 0.2) is 54.9 Å². The summed E-state index contributed by atoms with van der Waals surface area (Å²) >= 11 is 0. The van der Waals surface area contributed by atoms with Crippen molar-refractivity contribution in [2.75, 3.05) is 11.9 Å². The third-order valence-electron chi connectivity index (χ3n) is 5.00. The van der Waals surface area contributed by atoms with E-state index in [9.17, 15) is 13.2 Å². The molecular weight excluding hydrogens is 405 g/mol. The highest BCUT2D eigenvalue weighted by Gasteiger charge is 2.29. The molecule has 9 heteroatoms. The van der Waals surface area contributed by atoms with Gasteiger partial charge in [0.1, 0.15) is 5.82 Å². The Hall–Kier alpha value is -3.46. The number of rotatable bonds is 6. The van der Waals surface area contributed by atoms with Crippen molar-refractivity contribution in [3.8, 4) is 11.3 Å². The van der Waals surface area contributed by atoms with Gasteiger partial charge in [-0.1, -0.05) is 18.2 Å². The maximum atomic E-state index is 12.7. The van der Waals surface area contributed by atoms with Gasteiger partial charge in [0, 0.05) is 29.2 Å². The lowest BCUT2D eigenvalue weighted by Gasteiger charge is -2.14. The molecule has 4 N–H and O–H groups in total. The zero-order valence-electron chi connectivity index (χ0n) is 16.7. The Kier molecular flexibility index (Phi) is 5.60. The molecule has 160 valence electrons. The summed E-state index contributed by atoms with van der Waals surface area (Å²) < 4.78 is 38.0. The number of nitrogens with zero attached hydrogens (tertiary/aromatic N) is 3. The van der Waals surface area contributed by atoms with Crippen molar-refractivity contribution >= 4 is 16.7 Å². The van der Waals surface area contributed by atoms with Gasteiger partial charge in [0.25, 0.3) is 0 Å². The molecule has 2 aromatic carbocycles. The first kappa shape index (κ1) is 20.8. The average Bonchev–Trinajstić information content (AvgIpc) is 3.12. The fraction of sp³-hybridized carbons (Fsp3) is 0.227. The standard InChI is InChI=1S/C22H21F3N6/c1-13-18-9-15(4-7-19(18)31-30-13)20-11-27-12-21(29-20)28-10-17(26)8-14-2-5-16(6-3-14)22(23,24)25/h2-7,9,11-12,17H,8,10,26H2,1H3,(H,28,29)(H,30,31). The number of nitrogens with two attached hydrogens (primary N) is 1. The molecule has 2 heterocycles. The van der Waals surface area contributed by atoms with E-state index in [1.165, 1.54) is 12.1 Å². The summed E-state index contributed by atoms with van der Waals surface area (Å²) in [5.74, 6) is 0.574. The Morgan fingerprint density at radius 1 is 1.10 bits per heavy atom. The zero-order valence-corrected chi connectivity index (χ0v) is 16.7. The number of aryl methyl sites for hydroxylation is 1. The van der Waals surface area contributed by atoms with Gasteiger partial charge in [-0.15, -0.1) is 0 Å². The lowest BCUT2D eigenvalue weighted by molar-refractivity contribution is -0.137. The molecular formula is C22H21F3N6. The summed E-state index contributed by atoms with van der Waals surface area (Å²) in [6.07, 6.45) is -0.610. The number of anilines is 1. The van der Waals surface area contributed by atoms with Crippen molar-refractivity contribution in [3.63, 3.8) is 0 Å². The number of benzene rings is 2. The van der Waals surface area contributed by atoms with Crippen LogP contribution >= 0.6 is 0 Å². The molecule has 6 nitrogen and oxygen atoms in total. The van der Waals surface area contributed by atoms with Crippen LogP contribution in [0.25, 0.3) is 22.2 Å². The molecule has 0 amide bonds. The SMILES string of the molecule is Cc1[nH]nc2ccc(-c3cncc(NCC(N)Cc4ccc(C(F)(F)F)cc4)n3)cc12. The molecule has 31 heavy (non-hydrogen) atoms. The fourth-order valence-electron chi connectivity index (χ4n) is 3.33. The Balaban J connectivity index is 1.40. The molecule has 0 aliphatic rings. The Labute approximate surface area is 176 Å². The van der Waals surface area contributed by atoms with E-state index >= 15 is 0 Å². The quantitative estimate of drug-likeness (QED) is 0.427. The first-order valence-electron chi connectivity index (χ1n) is 9.72. The van der Waals surface area contributed by atoms with Crippen LogP contribution in [-0.2, 0) is 12.6 Å². The molecule has 0 saturated heterocycles. The number of halogens is 3. The summed E-state index contributed by atoms with van der Waals surface area (Å²) in [7, 11) is 0. The number of alkyl halides is 3. The molecule has 0 fully saturated rings. The van der Waals surface area contributed by atoms with Crippen molar-refractivity contribution in [1.29, 1.82) is 0 Å². The van der Waals surface area contributed by atoms with Crippen LogP contribution in [-0.4, -0.2) is 32.8 Å². The number of fused-ring (bicyclic) bond motifs is 1. The second-order valence-corrected chi connectivity index (χ2v) is 7.41. The van der Waals surface area contributed by atoms with Gasteiger partial charge in [-0.25, -0.2) is 4.98 Å². The van der Waals surface area contributed by atoms with E-state index < -0.39 is 11.7 Å². The van der Waals surface area contributed by atoms with Crippen LogP contribution in [0.1, 0.15) is 16.8 Å². The van der Waals surface area contributed by atoms with Gasteiger partial charge in [0.15, 0.2) is 0 Å². The molecule has 0 bridgehead atoms. The number of H-pyrrole nitrogens is 1. The van der Waals surface area contributed by atoms with Crippen LogP contribution in [0.4, 0.5) is 19.0 Å². The van der Waals surface area contributed by atoms with E-state index in [-0.39, 0.29) is 6.04 Å². The average molecular weight is 426 g/mol. The lowest BCUT2D eigenvalue weighted by Crippen LogP contribution is -2.31. The number of aromatic amines is 1. The molecule has 1 unspecified atom stereocenters. The Morgan fingerprint density at radius 3 is 2.61 bits per heavy atom. The lowest BCUT2D eigenvalue weighted by atomic mass is 10.0. The summed E-state index contributed by atoms with van der Waals surface area (Å²) in [4.78, 5) is 8.85. The van der Waals surface area contributed by atoms with Crippen molar-refractivity contribution in [3.05, 3.63) is 71.7 Å². The number of nitrogens with one attached hydrogen (secondary N) is 2. The second kappa shape index (κ2) is 8.35. The fourth-order valence-corrected chi connectivity index (χ4v) is 3.33. The van der Waals surface area contributed by atoms with Crippen LogP contribution in [0.2, 0.25) is 0 Å². The maximum absolute atomic E-state index is 12.7. The van der Waals surface area contributed by atoms with E-state index in [2.05, 4.69) is 25.5 Å². The smallest absolute Gasteiger partial charge is 0.367 e. The van der Waals surface area contributed by atoms with Crippen LogP contribution < -0.4 is 11.1 Å². The monoisotopic (exact) mass is 426 g/mol. The van der Waals surface area contributed by atoms with Gasteiger partial charge >= 0.3 is 6.18 Å². The summed E-state index contributed by atoms with van der Waals surface area (Å²) in [6.45, 7) is 2.36. The van der Waals surface area contributed by atoms with Crippen molar-refractivity contribution in [2.45, 2.75) is 25.6 Å². The van der Waals surface area contributed by atoms with Gasteiger partial charge in [0.05, 0.1) is 29.2 Å². The van der Waals surface area contributed by atoms with Gasteiger partial charge < -0.3 is 11.1 Å². The largest absolute Gasteiger partial charge is 0.416 e. The predicted octanol–water partition coefficient (Wildman–Crippen LogP) is 4.33. The topological polar surface area (TPSA) is 92.5 Å². The van der Waals surface area contributed by atoms with E-state index in [0.29, 0.717) is 24.5 Å². The van der Waals surface area contributed by atoms with E-state index in [0.717, 1.165) is 39.9 Å². The predicted molar refractivity (Wildman–Crippen MR) is 113 cm³/mol. The molecule has 4 rings (SSSR count). The summed E-state index contributed by atoms with van der Waals surface area (Å²) in [6, 6.07) is 10.6. The molecule has 0 radical (unpaired) electrons. The number of aromatic nitrogens is 4. The second-order valence-electron chi connectivity index (χ2n) is 7.41. The van der Waals surface area contributed by atoms with Crippen molar-refractivity contribution in [2.24, 2.45) is 5.73 Å². The first-order chi connectivity index (χ1) is 14.8. The summed E-state index contributed by atoms with van der Waals surface area (Å²) in [5, 5.41) is 11.4. The molecule has 0 spiro atoms. The van der Waals surface area contributed by atoms with Gasteiger partial charge in [-0.2, -0.15) is 18.3 Å². The summed E-state index contributed by atoms with van der Waals surface area (Å²) in [5.41, 5.74) is 9.72. The molecule has 0 aliphatic carbocycles. The highest BCUT2D eigenvalue weighted by Crippen LogP contribution is 2.29. The highest BCUT2D eigenvalue weighted by molar-refractivity contribution is 5.85. The number of hydrogen-bond acceptors (Lipinski definition) is 5. The van der Waals surface area contributed by atoms with Crippen LogP contribution in [0, 0.1) is 6.92 Å². The van der Waals surface area contributed by atoms with Crippen molar-refractivity contribution < 1.29 is 13.2 Å². The highest BCUT2D eigenvalue weighted by atomic mass is 19.4. The molecule has 0 saturated carbocycles. The first-order valence-corrected chi connectivity index (χ1v) is 9.72. The Bertz CT molecular complexity index is 1180. The minimum atomic E-state index is -4.34. The van der Waals surface area contributed by atoms with E-state index in [4.69, 9.17) is 5.73 Å². The molecule has 4 aromatic rings. The van der Waals surface area contributed by atoms with E-state index in [1.807, 2.05) is 25.1 Å². The zero-order chi connectivity index (χ0) is 22.0. The molecule has 1 atom stereocenters. The third-order valence-corrected chi connectivity index (χ3v) is 5.00. The minimum Gasteiger partial charge on any atom is -0.367 e.